The van der Waals surface area contributed by atoms with Gasteiger partial charge >= 0.3 is 0 Å². The van der Waals surface area contributed by atoms with Gasteiger partial charge in [-0.15, -0.1) is 0 Å². The molecule has 3 heterocycles. The van der Waals surface area contributed by atoms with Crippen molar-refractivity contribution in [1.29, 1.82) is 0 Å². The third kappa shape index (κ3) is 2.85. The summed E-state index contributed by atoms with van der Waals surface area (Å²) in [5.41, 5.74) is 2.34. The van der Waals surface area contributed by atoms with Crippen LogP contribution in [0.15, 0.2) is 53.3 Å². The number of carbonyl (C=O) groups is 1. The molecule has 0 saturated carbocycles. The Morgan fingerprint density at radius 1 is 1.21 bits per heavy atom. The Balaban J connectivity index is 1.46. The number of carbonyl (C=O) groups excluding carboxylic acids is 1. The number of rotatable bonds is 4. The van der Waals surface area contributed by atoms with Crippen molar-refractivity contribution in [2.45, 2.75) is 19.4 Å². The Labute approximate surface area is 140 Å². The van der Waals surface area contributed by atoms with E-state index in [1.807, 2.05) is 36.5 Å². The summed E-state index contributed by atoms with van der Waals surface area (Å²) >= 11 is 0. The number of nitrogens with one attached hydrogen (secondary N) is 1. The quantitative estimate of drug-likeness (QED) is 0.800. The van der Waals surface area contributed by atoms with Crippen LogP contribution in [0.4, 0.5) is 5.82 Å². The predicted molar refractivity (Wildman–Crippen MR) is 93.1 cm³/mol. The summed E-state index contributed by atoms with van der Waals surface area (Å²) in [6.45, 7) is 2.59. The van der Waals surface area contributed by atoms with Gasteiger partial charge in [0.1, 0.15) is 17.7 Å². The summed E-state index contributed by atoms with van der Waals surface area (Å²) in [7, 11) is 0. The van der Waals surface area contributed by atoms with Crippen molar-refractivity contribution in [3.8, 4) is 0 Å². The maximum Gasteiger partial charge on any atom is 0.255 e. The van der Waals surface area contributed by atoms with Crippen molar-refractivity contribution in [3.63, 3.8) is 0 Å². The lowest BCUT2D eigenvalue weighted by atomic mass is 10.1. The molecule has 0 radical (unpaired) electrons. The van der Waals surface area contributed by atoms with Crippen molar-refractivity contribution < 1.29 is 9.21 Å². The van der Waals surface area contributed by atoms with E-state index in [4.69, 9.17) is 4.42 Å². The molecule has 2 aromatic heterocycles. The lowest BCUT2D eigenvalue weighted by Crippen LogP contribution is -2.23. The van der Waals surface area contributed by atoms with Crippen LogP contribution in [0.5, 0.6) is 0 Å². The third-order valence-electron chi connectivity index (χ3n) is 4.42. The Bertz CT molecular complexity index is 866. The number of benzene rings is 1. The van der Waals surface area contributed by atoms with Gasteiger partial charge < -0.3 is 14.6 Å². The SMILES string of the molecule is O=C(NCc1ccnc(N2CCCC2)c1)c1coc2ccccc12. The van der Waals surface area contributed by atoms with Crippen molar-refractivity contribution in [3.05, 3.63) is 60.0 Å². The predicted octanol–water partition coefficient (Wildman–Crippen LogP) is 3.36. The van der Waals surface area contributed by atoms with E-state index < -0.39 is 0 Å². The molecule has 5 nitrogen and oxygen atoms in total. The van der Waals surface area contributed by atoms with E-state index in [0.717, 1.165) is 35.4 Å². The summed E-state index contributed by atoms with van der Waals surface area (Å²) in [5, 5.41) is 3.80. The van der Waals surface area contributed by atoms with Crippen LogP contribution >= 0.6 is 0 Å². The lowest BCUT2D eigenvalue weighted by Gasteiger charge is -2.16. The molecular formula is C19H19N3O2. The number of furan rings is 1. The van der Waals surface area contributed by atoms with Crippen LogP contribution in [0, 0.1) is 0 Å². The van der Waals surface area contributed by atoms with Gasteiger partial charge in [0, 0.05) is 31.2 Å². The second kappa shape index (κ2) is 6.35. The van der Waals surface area contributed by atoms with E-state index >= 15 is 0 Å². The molecule has 122 valence electrons. The molecule has 0 unspecified atom stereocenters. The Morgan fingerprint density at radius 3 is 2.92 bits per heavy atom. The van der Waals surface area contributed by atoms with Crippen LogP contribution in [-0.4, -0.2) is 24.0 Å². The van der Waals surface area contributed by atoms with Crippen LogP contribution in [0.1, 0.15) is 28.8 Å². The summed E-state index contributed by atoms with van der Waals surface area (Å²) in [5.74, 6) is 0.868. The van der Waals surface area contributed by atoms with Crippen molar-refractivity contribution in [2.24, 2.45) is 0 Å². The highest BCUT2D eigenvalue weighted by atomic mass is 16.3. The zero-order valence-corrected chi connectivity index (χ0v) is 13.4. The molecule has 4 rings (SSSR count). The van der Waals surface area contributed by atoms with Gasteiger partial charge in [-0.3, -0.25) is 4.79 Å². The third-order valence-corrected chi connectivity index (χ3v) is 4.42. The highest BCUT2D eigenvalue weighted by molar-refractivity contribution is 6.05. The average Bonchev–Trinajstić information content (AvgIpc) is 3.29. The van der Waals surface area contributed by atoms with Gasteiger partial charge in [0.05, 0.1) is 5.56 Å². The molecule has 24 heavy (non-hydrogen) atoms. The monoisotopic (exact) mass is 321 g/mol. The highest BCUT2D eigenvalue weighted by Crippen LogP contribution is 2.21. The number of hydrogen-bond donors (Lipinski definition) is 1. The molecule has 1 aliphatic rings. The molecule has 0 aliphatic carbocycles. The number of pyridine rings is 1. The number of nitrogens with zero attached hydrogens (tertiary/aromatic N) is 2. The topological polar surface area (TPSA) is 58.4 Å². The molecular weight excluding hydrogens is 302 g/mol. The number of hydrogen-bond acceptors (Lipinski definition) is 4. The van der Waals surface area contributed by atoms with Gasteiger partial charge in [0.15, 0.2) is 0 Å². The van der Waals surface area contributed by atoms with Gasteiger partial charge in [-0.1, -0.05) is 18.2 Å². The van der Waals surface area contributed by atoms with Gasteiger partial charge in [-0.05, 0) is 36.6 Å². The van der Waals surface area contributed by atoms with E-state index in [2.05, 4.69) is 21.3 Å². The second-order valence-electron chi connectivity index (χ2n) is 6.04. The molecule has 0 spiro atoms. The molecule has 5 heteroatoms. The second-order valence-corrected chi connectivity index (χ2v) is 6.04. The number of fused-ring (bicyclic) bond motifs is 1. The van der Waals surface area contributed by atoms with Crippen LogP contribution in [0.3, 0.4) is 0 Å². The number of anilines is 1. The standard InChI is InChI=1S/C19H19N3O2/c23-19(16-13-24-17-6-2-1-5-15(16)17)21-12-14-7-8-20-18(11-14)22-9-3-4-10-22/h1-2,5-8,11,13H,3-4,9-10,12H2,(H,21,23). The van der Waals surface area contributed by atoms with Gasteiger partial charge in [0.25, 0.3) is 5.91 Å². The molecule has 0 bridgehead atoms. The fraction of sp³-hybridized carbons (Fsp3) is 0.263. The largest absolute Gasteiger partial charge is 0.463 e. The summed E-state index contributed by atoms with van der Waals surface area (Å²) in [6.07, 6.45) is 5.76. The first-order valence-electron chi connectivity index (χ1n) is 8.25. The van der Waals surface area contributed by atoms with Gasteiger partial charge in [-0.2, -0.15) is 0 Å². The molecule has 1 fully saturated rings. The molecule has 1 N–H and O–H groups in total. The first kappa shape index (κ1) is 14.8. The number of para-hydroxylation sites is 1. The number of amides is 1. The van der Waals surface area contributed by atoms with Gasteiger partial charge in [0.2, 0.25) is 0 Å². The smallest absolute Gasteiger partial charge is 0.255 e. The van der Waals surface area contributed by atoms with Crippen molar-refractivity contribution in [1.82, 2.24) is 10.3 Å². The Morgan fingerprint density at radius 2 is 2.04 bits per heavy atom. The minimum absolute atomic E-state index is 0.125. The molecule has 1 amide bonds. The van der Waals surface area contributed by atoms with Crippen LogP contribution in [0.2, 0.25) is 0 Å². The highest BCUT2D eigenvalue weighted by Gasteiger charge is 2.15. The van der Waals surface area contributed by atoms with Crippen molar-refractivity contribution >= 4 is 22.7 Å². The average molecular weight is 321 g/mol. The van der Waals surface area contributed by atoms with Gasteiger partial charge in [-0.25, -0.2) is 4.98 Å². The maximum absolute atomic E-state index is 12.4. The first-order valence-corrected chi connectivity index (χ1v) is 8.25. The molecule has 1 saturated heterocycles. The van der Waals surface area contributed by atoms with Crippen LogP contribution < -0.4 is 10.2 Å². The van der Waals surface area contributed by atoms with E-state index in [1.54, 1.807) is 0 Å². The lowest BCUT2D eigenvalue weighted by molar-refractivity contribution is 0.0951. The fourth-order valence-corrected chi connectivity index (χ4v) is 3.12. The fourth-order valence-electron chi connectivity index (χ4n) is 3.12. The zero-order chi connectivity index (χ0) is 16.4. The molecule has 1 aliphatic heterocycles. The van der Waals surface area contributed by atoms with E-state index in [1.165, 1.54) is 19.1 Å². The normalized spacial score (nSPS) is 14.2. The zero-order valence-electron chi connectivity index (χ0n) is 13.4. The Kier molecular flexibility index (Phi) is 3.91. The van der Waals surface area contributed by atoms with E-state index in [9.17, 15) is 4.79 Å². The number of aromatic nitrogens is 1. The minimum atomic E-state index is -0.125. The maximum atomic E-state index is 12.4. The Hall–Kier alpha value is -2.82. The summed E-state index contributed by atoms with van der Waals surface area (Å²) in [6, 6.07) is 11.5. The molecule has 3 aromatic rings. The van der Waals surface area contributed by atoms with E-state index in [0.29, 0.717) is 12.1 Å². The molecule has 0 atom stereocenters. The van der Waals surface area contributed by atoms with E-state index in [-0.39, 0.29) is 5.91 Å². The minimum Gasteiger partial charge on any atom is -0.463 e. The van der Waals surface area contributed by atoms with Crippen LogP contribution in [0.25, 0.3) is 11.0 Å². The molecule has 1 aromatic carbocycles. The van der Waals surface area contributed by atoms with Crippen LogP contribution in [-0.2, 0) is 6.54 Å². The summed E-state index contributed by atoms with van der Waals surface area (Å²) < 4.78 is 5.43. The summed E-state index contributed by atoms with van der Waals surface area (Å²) in [4.78, 5) is 19.2. The van der Waals surface area contributed by atoms with Crippen molar-refractivity contribution in [2.75, 3.05) is 18.0 Å². The first-order chi connectivity index (χ1) is 11.8.